The van der Waals surface area contributed by atoms with Crippen molar-refractivity contribution in [2.75, 3.05) is 47.9 Å². The Labute approximate surface area is 205 Å². The SMILES string of the molecule is CC.Cc1ccc(C(=O)Nc2cc(C)nc(N3CCO[C@H](C)C3)n2)c(N2CCC3(CC2)CC3)c1.[HH]. The molecule has 186 valence electrons. The molecule has 1 saturated carbocycles. The molecule has 0 radical (unpaired) electrons. The van der Waals surface area contributed by atoms with Crippen LogP contribution in [0.2, 0.25) is 0 Å². The van der Waals surface area contributed by atoms with Gasteiger partial charge in [0, 0.05) is 45.1 Å². The van der Waals surface area contributed by atoms with Gasteiger partial charge in [0.2, 0.25) is 5.95 Å². The Morgan fingerprint density at radius 3 is 2.47 bits per heavy atom. The number of nitrogens with one attached hydrogen (secondary N) is 1. The molecule has 3 aliphatic rings. The van der Waals surface area contributed by atoms with Gasteiger partial charge in [0.05, 0.1) is 18.3 Å². The van der Waals surface area contributed by atoms with Gasteiger partial charge < -0.3 is 19.9 Å². The fourth-order valence-corrected chi connectivity index (χ4v) is 4.94. The van der Waals surface area contributed by atoms with E-state index in [4.69, 9.17) is 4.74 Å². The van der Waals surface area contributed by atoms with E-state index < -0.39 is 0 Å². The third-order valence-corrected chi connectivity index (χ3v) is 7.13. The van der Waals surface area contributed by atoms with E-state index >= 15 is 0 Å². The second kappa shape index (κ2) is 10.3. The van der Waals surface area contributed by atoms with Gasteiger partial charge in [0.15, 0.2) is 0 Å². The molecule has 1 aromatic carbocycles. The number of morpholine rings is 1. The maximum atomic E-state index is 13.3. The zero-order chi connectivity index (χ0) is 24.3. The second-order valence-electron chi connectivity index (χ2n) is 9.78. The first kappa shape index (κ1) is 24.5. The maximum absolute atomic E-state index is 13.3. The van der Waals surface area contributed by atoms with E-state index in [0.29, 0.717) is 29.4 Å². The van der Waals surface area contributed by atoms with Crippen molar-refractivity contribution in [2.45, 2.75) is 66.4 Å². The number of aromatic nitrogens is 2. The van der Waals surface area contributed by atoms with E-state index in [1.54, 1.807) is 0 Å². The predicted molar refractivity (Wildman–Crippen MR) is 140 cm³/mol. The van der Waals surface area contributed by atoms with Crippen LogP contribution in [-0.4, -0.2) is 54.8 Å². The summed E-state index contributed by atoms with van der Waals surface area (Å²) >= 11 is 0. The van der Waals surface area contributed by atoms with Crippen molar-refractivity contribution in [3.05, 3.63) is 41.1 Å². The molecule has 1 spiro atoms. The van der Waals surface area contributed by atoms with E-state index in [9.17, 15) is 4.79 Å². The van der Waals surface area contributed by atoms with Gasteiger partial charge in [-0.3, -0.25) is 4.79 Å². The van der Waals surface area contributed by atoms with Crippen molar-refractivity contribution in [1.82, 2.24) is 9.97 Å². The highest BCUT2D eigenvalue weighted by molar-refractivity contribution is 6.08. The van der Waals surface area contributed by atoms with Gasteiger partial charge in [-0.1, -0.05) is 19.9 Å². The standard InChI is InChI=1S/C25H33N5O2.C2H6.H2/c1-17-4-5-20(21(14-17)29-10-8-25(6-7-25)9-11-29)23(31)27-22-15-18(2)26-24(28-22)30-12-13-32-19(3)16-30;1-2;/h4-5,14-15,19H,6-13,16H2,1-3H3,(H,26,27,28,31);1-2H3;1H/t19-;;/m1../s1. The van der Waals surface area contributed by atoms with Crippen LogP contribution in [0.25, 0.3) is 0 Å². The maximum Gasteiger partial charge on any atom is 0.258 e. The molecule has 7 heteroatoms. The van der Waals surface area contributed by atoms with Crippen LogP contribution < -0.4 is 15.1 Å². The van der Waals surface area contributed by atoms with Crippen molar-refractivity contribution < 1.29 is 11.0 Å². The zero-order valence-electron chi connectivity index (χ0n) is 21.4. The molecule has 1 atom stereocenters. The van der Waals surface area contributed by atoms with Crippen molar-refractivity contribution in [3.63, 3.8) is 0 Å². The molecule has 1 N–H and O–H groups in total. The van der Waals surface area contributed by atoms with Gasteiger partial charge >= 0.3 is 0 Å². The topological polar surface area (TPSA) is 70.6 Å². The lowest BCUT2D eigenvalue weighted by atomic mass is 9.92. The number of ether oxygens (including phenoxy) is 1. The molecule has 0 bridgehead atoms. The first-order valence-corrected chi connectivity index (χ1v) is 12.8. The van der Waals surface area contributed by atoms with Gasteiger partial charge in [-0.25, -0.2) is 4.98 Å². The molecule has 1 aliphatic carbocycles. The van der Waals surface area contributed by atoms with Crippen LogP contribution in [0.4, 0.5) is 17.5 Å². The number of rotatable bonds is 4. The van der Waals surface area contributed by atoms with Gasteiger partial charge in [-0.2, -0.15) is 4.98 Å². The Kier molecular flexibility index (Phi) is 7.41. The molecule has 2 aliphatic heterocycles. The Hall–Kier alpha value is -2.67. The van der Waals surface area contributed by atoms with Crippen molar-refractivity contribution in [3.8, 4) is 0 Å². The Bertz CT molecular complexity index is 1020. The van der Waals surface area contributed by atoms with Crippen LogP contribution in [0.1, 0.15) is 69.5 Å². The number of nitrogens with zero attached hydrogens (tertiary/aromatic N) is 4. The van der Waals surface area contributed by atoms with Crippen LogP contribution >= 0.6 is 0 Å². The third-order valence-electron chi connectivity index (χ3n) is 7.13. The number of anilines is 3. The minimum absolute atomic E-state index is 0. The minimum Gasteiger partial charge on any atom is -0.375 e. The smallest absolute Gasteiger partial charge is 0.258 e. The van der Waals surface area contributed by atoms with Crippen molar-refractivity contribution in [1.29, 1.82) is 0 Å². The average molecular weight is 468 g/mol. The second-order valence-corrected chi connectivity index (χ2v) is 9.78. The first-order valence-electron chi connectivity index (χ1n) is 12.8. The average Bonchev–Trinajstić information content (AvgIpc) is 3.59. The minimum atomic E-state index is -0.119. The molecule has 3 fully saturated rings. The van der Waals surface area contributed by atoms with Gasteiger partial charge in [0.25, 0.3) is 5.91 Å². The summed E-state index contributed by atoms with van der Waals surface area (Å²) < 4.78 is 5.64. The highest BCUT2D eigenvalue weighted by atomic mass is 16.5. The fourth-order valence-electron chi connectivity index (χ4n) is 4.94. The summed E-state index contributed by atoms with van der Waals surface area (Å²) in [5, 5.41) is 3.04. The number of benzene rings is 1. The lowest BCUT2D eigenvalue weighted by Gasteiger charge is -2.35. The van der Waals surface area contributed by atoms with Gasteiger partial charge in [0.1, 0.15) is 5.82 Å². The molecule has 2 aromatic rings. The van der Waals surface area contributed by atoms with E-state index in [1.165, 1.54) is 31.2 Å². The number of piperidine rings is 1. The molecule has 34 heavy (non-hydrogen) atoms. The number of carbonyl (C=O) groups is 1. The number of carbonyl (C=O) groups excluding carboxylic acids is 1. The molecular formula is C27H41N5O2. The molecular weight excluding hydrogens is 426 g/mol. The molecule has 0 unspecified atom stereocenters. The quantitative estimate of drug-likeness (QED) is 0.664. The summed E-state index contributed by atoms with van der Waals surface area (Å²) in [6.45, 7) is 14.3. The normalized spacial score (nSPS) is 21.0. The molecule has 2 saturated heterocycles. The highest BCUT2D eigenvalue weighted by Gasteiger charge is 2.44. The lowest BCUT2D eigenvalue weighted by Crippen LogP contribution is -2.42. The summed E-state index contributed by atoms with van der Waals surface area (Å²) in [5.41, 5.74) is 4.35. The monoisotopic (exact) mass is 467 g/mol. The van der Waals surface area contributed by atoms with Crippen molar-refractivity contribution in [2.24, 2.45) is 5.41 Å². The van der Waals surface area contributed by atoms with Crippen molar-refractivity contribution >= 4 is 23.4 Å². The molecule has 1 amide bonds. The summed E-state index contributed by atoms with van der Waals surface area (Å²) in [4.78, 5) is 27.1. The van der Waals surface area contributed by atoms with E-state index in [1.807, 2.05) is 39.0 Å². The number of aryl methyl sites for hydroxylation is 2. The number of amides is 1. The first-order chi connectivity index (χ1) is 16.4. The van der Waals surface area contributed by atoms with E-state index in [2.05, 4.69) is 45.0 Å². The summed E-state index contributed by atoms with van der Waals surface area (Å²) in [7, 11) is 0. The van der Waals surface area contributed by atoms with Gasteiger partial charge in [-0.05, 0) is 69.6 Å². The van der Waals surface area contributed by atoms with Crippen LogP contribution in [0.5, 0.6) is 0 Å². The predicted octanol–water partition coefficient (Wildman–Crippen LogP) is 5.22. The van der Waals surface area contributed by atoms with Crippen LogP contribution in [0.3, 0.4) is 0 Å². The van der Waals surface area contributed by atoms with Gasteiger partial charge in [-0.15, -0.1) is 0 Å². The molecule has 7 nitrogen and oxygen atoms in total. The highest BCUT2D eigenvalue weighted by Crippen LogP contribution is 2.54. The largest absolute Gasteiger partial charge is 0.375 e. The van der Waals surface area contributed by atoms with E-state index in [-0.39, 0.29) is 13.4 Å². The Balaban J connectivity index is 0.00000111. The molecule has 3 heterocycles. The Morgan fingerprint density at radius 2 is 1.79 bits per heavy atom. The summed E-state index contributed by atoms with van der Waals surface area (Å²) in [6.07, 6.45) is 5.35. The number of hydrogen-bond acceptors (Lipinski definition) is 6. The Morgan fingerprint density at radius 1 is 1.06 bits per heavy atom. The number of hydrogen-bond donors (Lipinski definition) is 1. The van der Waals surface area contributed by atoms with Crippen LogP contribution in [0, 0.1) is 19.3 Å². The van der Waals surface area contributed by atoms with E-state index in [0.717, 1.165) is 37.6 Å². The fraction of sp³-hybridized carbons (Fsp3) is 0.593. The van der Waals surface area contributed by atoms with Crippen LogP contribution in [0.15, 0.2) is 24.3 Å². The summed E-state index contributed by atoms with van der Waals surface area (Å²) in [6, 6.07) is 7.93. The third kappa shape index (κ3) is 5.52. The molecule has 1 aromatic heterocycles. The lowest BCUT2D eigenvalue weighted by molar-refractivity contribution is 0.0526. The van der Waals surface area contributed by atoms with Crippen LogP contribution in [-0.2, 0) is 4.74 Å². The molecule has 5 rings (SSSR count). The summed E-state index contributed by atoms with van der Waals surface area (Å²) in [5.74, 6) is 1.06. The zero-order valence-corrected chi connectivity index (χ0v) is 21.4.